The number of benzene rings is 3. The van der Waals surface area contributed by atoms with Gasteiger partial charge in [0.2, 0.25) is 16.0 Å². The molecule has 0 fully saturated rings. The third-order valence-electron chi connectivity index (χ3n) is 4.48. The van der Waals surface area contributed by atoms with Gasteiger partial charge in [-0.15, -0.1) is 16.2 Å². The van der Waals surface area contributed by atoms with Crippen LogP contribution in [0, 0.1) is 6.92 Å². The third kappa shape index (κ3) is 6.87. The van der Waals surface area contributed by atoms with E-state index in [2.05, 4.69) is 15.2 Å². The highest BCUT2D eigenvalue weighted by Crippen LogP contribution is 2.34. The number of nitrogens with one attached hydrogen (secondary N) is 2. The standard InChI is InChI=1S/C21H22ClN5O4S3/c1-14-11-20(19(12-18(14)22)32-13-15-5-3-2-4-6-15)34(30,31)27-21(23)26-25-16-7-9-17(10-8-16)33(24,28)29/h2-12,25H,13H2,1H3,(H3,23,26,27)(H2,24,28,29). The van der Waals surface area contributed by atoms with Crippen LogP contribution in [0.3, 0.4) is 0 Å². The second kappa shape index (κ2) is 10.7. The minimum atomic E-state index is -4.18. The number of nitrogens with zero attached hydrogens (tertiary/aromatic N) is 1. The van der Waals surface area contributed by atoms with Gasteiger partial charge in [0, 0.05) is 15.7 Å². The molecule has 0 aromatic heterocycles. The number of thioether (sulfide) groups is 1. The van der Waals surface area contributed by atoms with Crippen molar-refractivity contribution in [2.45, 2.75) is 27.4 Å². The molecule has 0 heterocycles. The molecule has 0 saturated carbocycles. The molecule has 34 heavy (non-hydrogen) atoms. The Balaban J connectivity index is 1.79. The molecule has 9 nitrogen and oxygen atoms in total. The summed E-state index contributed by atoms with van der Waals surface area (Å²) in [5.41, 5.74) is 12.9. The van der Waals surface area contributed by atoms with Crippen LogP contribution < -0.4 is 21.7 Å². The van der Waals surface area contributed by atoms with Gasteiger partial charge in [-0.3, -0.25) is 10.9 Å². The monoisotopic (exact) mass is 539 g/mol. The molecule has 3 aromatic carbocycles. The molecule has 0 saturated heterocycles. The molecule has 13 heteroatoms. The lowest BCUT2D eigenvalue weighted by Gasteiger charge is -2.12. The van der Waals surface area contributed by atoms with Gasteiger partial charge in [-0.1, -0.05) is 41.9 Å². The summed E-state index contributed by atoms with van der Waals surface area (Å²) in [6, 6.07) is 18.1. The Morgan fingerprint density at radius 2 is 1.68 bits per heavy atom. The Morgan fingerprint density at radius 3 is 2.29 bits per heavy atom. The van der Waals surface area contributed by atoms with Crippen molar-refractivity contribution in [1.29, 1.82) is 0 Å². The van der Waals surface area contributed by atoms with Gasteiger partial charge in [-0.05, 0) is 54.4 Å². The van der Waals surface area contributed by atoms with Crippen molar-refractivity contribution in [2.24, 2.45) is 15.3 Å². The summed E-state index contributed by atoms with van der Waals surface area (Å²) in [6.07, 6.45) is 0. The number of hydrogen-bond donors (Lipinski definition) is 4. The maximum Gasteiger partial charge on any atom is 0.286 e. The van der Waals surface area contributed by atoms with Crippen LogP contribution in [0.4, 0.5) is 5.69 Å². The van der Waals surface area contributed by atoms with E-state index >= 15 is 0 Å². The van der Waals surface area contributed by atoms with E-state index in [1.807, 2.05) is 30.3 Å². The Labute approximate surface area is 207 Å². The fourth-order valence-electron chi connectivity index (χ4n) is 2.75. The van der Waals surface area contributed by atoms with Crippen molar-refractivity contribution in [3.05, 3.63) is 82.9 Å². The predicted molar refractivity (Wildman–Crippen MR) is 136 cm³/mol. The SMILES string of the molecule is Cc1cc(S(=O)(=O)N=C(N)NNc2ccc(S(N)(=O)=O)cc2)c(SCc2ccccc2)cc1Cl. The van der Waals surface area contributed by atoms with Crippen LogP contribution in [0.15, 0.2) is 85.8 Å². The largest absolute Gasteiger partial charge is 0.368 e. The Bertz CT molecular complexity index is 1410. The molecule has 0 aliphatic rings. The number of nitrogens with two attached hydrogens (primary N) is 2. The van der Waals surface area contributed by atoms with Crippen LogP contribution in [-0.4, -0.2) is 22.8 Å². The number of hydrazine groups is 1. The fraction of sp³-hybridized carbons (Fsp3) is 0.0952. The zero-order chi connectivity index (χ0) is 24.9. The zero-order valence-corrected chi connectivity index (χ0v) is 21.1. The molecule has 0 amide bonds. The molecule has 180 valence electrons. The Hall–Kier alpha value is -2.77. The van der Waals surface area contributed by atoms with E-state index in [4.69, 9.17) is 22.5 Å². The first-order chi connectivity index (χ1) is 16.0. The van der Waals surface area contributed by atoms with Crippen molar-refractivity contribution in [1.82, 2.24) is 5.43 Å². The second-order valence-electron chi connectivity index (χ2n) is 7.09. The van der Waals surface area contributed by atoms with Crippen LogP contribution in [-0.2, 0) is 25.8 Å². The number of halogens is 1. The molecule has 0 atom stereocenters. The van der Waals surface area contributed by atoms with Crippen molar-refractivity contribution in [3.63, 3.8) is 0 Å². The van der Waals surface area contributed by atoms with Gasteiger partial charge in [0.1, 0.15) is 4.90 Å². The predicted octanol–water partition coefficient (Wildman–Crippen LogP) is 3.21. The van der Waals surface area contributed by atoms with Gasteiger partial charge >= 0.3 is 0 Å². The number of sulfonamides is 2. The molecular formula is C21H22ClN5O4S3. The minimum Gasteiger partial charge on any atom is -0.368 e. The van der Waals surface area contributed by atoms with Crippen molar-refractivity contribution in [2.75, 3.05) is 5.43 Å². The molecule has 0 bridgehead atoms. The molecule has 0 aliphatic carbocycles. The summed E-state index contributed by atoms with van der Waals surface area (Å²) in [4.78, 5) is 0.362. The second-order valence-corrected chi connectivity index (χ2v) is 11.7. The van der Waals surface area contributed by atoms with E-state index in [-0.39, 0.29) is 9.79 Å². The van der Waals surface area contributed by atoms with Crippen molar-refractivity contribution >= 4 is 55.1 Å². The summed E-state index contributed by atoms with van der Waals surface area (Å²) < 4.78 is 52.4. The normalized spacial score (nSPS) is 12.4. The maximum absolute atomic E-state index is 13.0. The topological polar surface area (TPSA) is 157 Å². The fourth-order valence-corrected chi connectivity index (χ4v) is 5.95. The van der Waals surface area contributed by atoms with Gasteiger partial charge < -0.3 is 5.73 Å². The van der Waals surface area contributed by atoms with E-state index in [0.717, 1.165) is 5.56 Å². The molecule has 3 aromatic rings. The number of aryl methyl sites for hydroxylation is 1. The summed E-state index contributed by atoms with van der Waals surface area (Å²) in [6.45, 7) is 1.70. The summed E-state index contributed by atoms with van der Waals surface area (Å²) >= 11 is 7.57. The van der Waals surface area contributed by atoms with Gasteiger partial charge in [-0.25, -0.2) is 13.6 Å². The quantitative estimate of drug-likeness (QED) is 0.147. The maximum atomic E-state index is 13.0. The molecule has 0 spiro atoms. The number of rotatable bonds is 8. The summed E-state index contributed by atoms with van der Waals surface area (Å²) in [5.74, 6) is 0.123. The smallest absolute Gasteiger partial charge is 0.286 e. The Morgan fingerprint density at radius 1 is 1.03 bits per heavy atom. The van der Waals surface area contributed by atoms with Gasteiger partial charge in [-0.2, -0.15) is 8.42 Å². The average molecular weight is 540 g/mol. The van der Waals surface area contributed by atoms with E-state index in [1.165, 1.54) is 42.1 Å². The lowest BCUT2D eigenvalue weighted by atomic mass is 10.2. The first kappa shape index (κ1) is 25.8. The first-order valence-corrected chi connectivity index (χ1v) is 14.0. The van der Waals surface area contributed by atoms with Crippen LogP contribution in [0.25, 0.3) is 0 Å². The molecular weight excluding hydrogens is 518 g/mol. The number of guanidine groups is 1. The van der Waals surface area contributed by atoms with Crippen molar-refractivity contribution in [3.8, 4) is 0 Å². The van der Waals surface area contributed by atoms with E-state index in [0.29, 0.717) is 26.9 Å². The number of primary sulfonamides is 1. The Kier molecular flexibility index (Phi) is 8.10. The third-order valence-corrected chi connectivity index (χ3v) is 8.40. The van der Waals surface area contributed by atoms with Crippen molar-refractivity contribution < 1.29 is 16.8 Å². The molecule has 0 aliphatic heterocycles. The minimum absolute atomic E-state index is 0.0161. The lowest BCUT2D eigenvalue weighted by Crippen LogP contribution is -2.36. The molecule has 0 unspecified atom stereocenters. The van der Waals surface area contributed by atoms with E-state index in [9.17, 15) is 16.8 Å². The zero-order valence-electron chi connectivity index (χ0n) is 17.9. The lowest BCUT2D eigenvalue weighted by molar-refractivity contribution is 0.594. The van der Waals surface area contributed by atoms with Gasteiger partial charge in [0.05, 0.1) is 10.6 Å². The molecule has 6 N–H and O–H groups in total. The highest BCUT2D eigenvalue weighted by molar-refractivity contribution is 7.99. The highest BCUT2D eigenvalue weighted by atomic mass is 35.5. The van der Waals surface area contributed by atoms with Crippen LogP contribution in [0.1, 0.15) is 11.1 Å². The van der Waals surface area contributed by atoms with E-state index < -0.39 is 26.0 Å². The molecule has 0 radical (unpaired) electrons. The first-order valence-electron chi connectivity index (χ1n) is 9.68. The van der Waals surface area contributed by atoms with Gasteiger partial charge in [0.25, 0.3) is 10.0 Å². The van der Waals surface area contributed by atoms with Crippen LogP contribution >= 0.6 is 23.4 Å². The van der Waals surface area contributed by atoms with Crippen LogP contribution in [0.2, 0.25) is 5.02 Å². The number of anilines is 1. The molecule has 3 rings (SSSR count). The summed E-state index contributed by atoms with van der Waals surface area (Å²) in [7, 11) is -8.01. The summed E-state index contributed by atoms with van der Waals surface area (Å²) in [5, 5.41) is 5.50. The van der Waals surface area contributed by atoms with Crippen LogP contribution in [0.5, 0.6) is 0 Å². The average Bonchev–Trinajstić information content (AvgIpc) is 2.78. The highest BCUT2D eigenvalue weighted by Gasteiger charge is 2.21. The van der Waals surface area contributed by atoms with E-state index in [1.54, 1.807) is 13.0 Å². The number of hydrogen-bond acceptors (Lipinski definition) is 6. The van der Waals surface area contributed by atoms with Gasteiger partial charge in [0.15, 0.2) is 0 Å².